The minimum absolute atomic E-state index is 0.0162. The number of nitrogens with zero attached hydrogens (tertiary/aromatic N) is 2. The summed E-state index contributed by atoms with van der Waals surface area (Å²) in [5, 5.41) is 58.9. The number of hydrogen-bond donors (Lipinski definition) is 21. The molecule has 29 N–H and O–H groups in total. The van der Waals surface area contributed by atoms with E-state index in [-0.39, 0.29) is 102 Å². The molecule has 9 amide bonds. The molecule has 0 saturated carbocycles. The molecule has 0 unspecified atom stereocenters. The van der Waals surface area contributed by atoms with Gasteiger partial charge in [0.2, 0.25) is 53.2 Å². The first-order valence-electron chi connectivity index (χ1n) is 27.7. The molecule has 0 heterocycles. The van der Waals surface area contributed by atoms with E-state index in [0.29, 0.717) is 32.2 Å². The molecule has 0 aliphatic heterocycles. The van der Waals surface area contributed by atoms with E-state index in [4.69, 9.17) is 51.0 Å². The van der Waals surface area contributed by atoms with Gasteiger partial charge in [-0.1, -0.05) is 6.42 Å². The van der Waals surface area contributed by atoms with Crippen LogP contribution in [0, 0.1) is 0 Å². The fourth-order valence-electron chi connectivity index (χ4n) is 7.75. The van der Waals surface area contributed by atoms with Crippen LogP contribution in [0.2, 0.25) is 0 Å². The Kier molecular flexibility index (Phi) is 39.7. The van der Waals surface area contributed by atoms with E-state index in [2.05, 4.69) is 57.8 Å². The maximum Gasteiger partial charge on any atom is 0.326 e. The van der Waals surface area contributed by atoms with Gasteiger partial charge in [0, 0.05) is 32.4 Å². The number of carbonyl (C=O) groups is 13. The van der Waals surface area contributed by atoms with Crippen LogP contribution in [0.25, 0.3) is 0 Å². The van der Waals surface area contributed by atoms with Crippen molar-refractivity contribution in [3.63, 3.8) is 0 Å². The molecular formula is C49H89N19O17. The van der Waals surface area contributed by atoms with E-state index in [1.807, 2.05) is 0 Å². The predicted molar refractivity (Wildman–Crippen MR) is 304 cm³/mol. The SMILES string of the molecule is NCCCC[C@H](NC(=O)[C@H](CCC(=O)O)NC(=O)CNC(=O)[C@H](CCCN=C(N)N)NC(=O)[C@H](CCCCN)NC(=O)[C@H](CCC(=O)O)NC(=O)[C@@H](N)CCCCN)C(=O)NCC(=O)N[C@@H](CCCN=C(N)N)C(=O)N[C@@H](CCC(=O)O)C(=O)O. The summed E-state index contributed by atoms with van der Waals surface area (Å²) in [4.78, 5) is 175. The number of nitrogens with two attached hydrogens (primary N) is 8. The van der Waals surface area contributed by atoms with Gasteiger partial charge in [-0.2, -0.15) is 0 Å². The topological polar surface area (TPSA) is 644 Å². The summed E-state index contributed by atoms with van der Waals surface area (Å²) in [5.41, 5.74) is 44.4. The van der Waals surface area contributed by atoms with E-state index < -0.39 is 171 Å². The van der Waals surface area contributed by atoms with Crippen molar-refractivity contribution in [2.24, 2.45) is 55.9 Å². The van der Waals surface area contributed by atoms with Gasteiger partial charge < -0.3 is 114 Å². The highest BCUT2D eigenvalue weighted by Gasteiger charge is 2.33. The summed E-state index contributed by atoms with van der Waals surface area (Å²) in [6, 6.07) is -11.6. The minimum Gasteiger partial charge on any atom is -0.481 e. The van der Waals surface area contributed by atoms with Gasteiger partial charge in [-0.25, -0.2) is 4.79 Å². The standard InChI is InChI=1S/C49H89N19O17/c50-20-4-1-9-27(53)40(77)64-33(15-18-38(73)74)46(83)67-31(11-3-6-22-52)44(81)66-29(12-7-23-58-48(54)55)42(79)61-26-36(70)63-32(14-17-37(71)72)45(82)65-28(10-2-5-21-51)41(78)60-25-35(69)62-30(13-8-24-59-49(56)57)43(80)68-34(47(84)85)16-19-39(75)76/h27-34H,1-26,50-53H2,(H,60,78)(H,61,79)(H,62,69)(H,63,70)(H,64,77)(H,65,82)(H,66,81)(H,67,83)(H,68,80)(H,71,72)(H,73,74)(H,75,76)(H,84,85)(H4,54,55,58)(H4,56,57,59)/t27-,28-,29-,30-,31-,32-,33-,34-/m0/s1. The number of carboxylic acids is 4. The Morgan fingerprint density at radius 3 is 0.965 bits per heavy atom. The number of aliphatic carboxylic acids is 4. The highest BCUT2D eigenvalue weighted by molar-refractivity contribution is 5.97. The Hall–Kier alpha value is -8.51. The first-order chi connectivity index (χ1) is 40.1. The summed E-state index contributed by atoms with van der Waals surface area (Å²) in [5.74, 6) is -14.8. The van der Waals surface area contributed by atoms with Crippen molar-refractivity contribution < 1.29 is 82.8 Å². The van der Waals surface area contributed by atoms with E-state index >= 15 is 0 Å². The molecule has 0 aliphatic rings. The van der Waals surface area contributed by atoms with Crippen molar-refractivity contribution >= 4 is 89.0 Å². The van der Waals surface area contributed by atoms with E-state index in [0.717, 1.165) is 0 Å². The van der Waals surface area contributed by atoms with Gasteiger partial charge in [-0.3, -0.25) is 67.5 Å². The number of rotatable bonds is 48. The van der Waals surface area contributed by atoms with Crippen LogP contribution in [0.15, 0.2) is 9.98 Å². The zero-order chi connectivity index (χ0) is 64.4. The Morgan fingerprint density at radius 2 is 0.624 bits per heavy atom. The molecule has 0 aromatic heterocycles. The molecule has 482 valence electrons. The maximum absolute atomic E-state index is 14.0. The Labute approximate surface area is 490 Å². The summed E-state index contributed by atoms with van der Waals surface area (Å²) >= 11 is 0. The number of carbonyl (C=O) groups excluding carboxylic acids is 9. The predicted octanol–water partition coefficient (Wildman–Crippen LogP) is -7.89. The zero-order valence-corrected chi connectivity index (χ0v) is 47.6. The Balaban J connectivity index is 6.51. The van der Waals surface area contributed by atoms with E-state index in [9.17, 15) is 77.6 Å². The lowest BCUT2D eigenvalue weighted by Gasteiger charge is -2.26. The third kappa shape index (κ3) is 36.6. The third-order valence-corrected chi connectivity index (χ3v) is 12.3. The molecule has 0 rings (SSSR count). The van der Waals surface area contributed by atoms with Gasteiger partial charge in [-0.05, 0) is 116 Å². The highest BCUT2D eigenvalue weighted by Crippen LogP contribution is 2.10. The van der Waals surface area contributed by atoms with Crippen molar-refractivity contribution in [3.8, 4) is 0 Å². The molecule has 0 spiro atoms. The van der Waals surface area contributed by atoms with Gasteiger partial charge in [0.05, 0.1) is 19.1 Å². The van der Waals surface area contributed by atoms with Crippen LogP contribution in [0.5, 0.6) is 0 Å². The molecule has 0 radical (unpaired) electrons. The number of amides is 9. The summed E-state index contributed by atoms with van der Waals surface area (Å²) in [6.45, 7) is -1.04. The average molecular weight is 1220 g/mol. The molecule has 0 aliphatic carbocycles. The summed E-state index contributed by atoms with van der Waals surface area (Å²) < 4.78 is 0. The van der Waals surface area contributed by atoms with Crippen LogP contribution in [0.1, 0.15) is 122 Å². The second-order valence-electron chi connectivity index (χ2n) is 19.5. The Bertz CT molecular complexity index is 2270. The molecule has 0 fully saturated rings. The normalized spacial score (nSPS) is 13.6. The van der Waals surface area contributed by atoms with Gasteiger partial charge in [0.25, 0.3) is 0 Å². The van der Waals surface area contributed by atoms with Crippen LogP contribution >= 0.6 is 0 Å². The second kappa shape index (κ2) is 44.1. The lowest BCUT2D eigenvalue weighted by atomic mass is 10.0. The monoisotopic (exact) mass is 1220 g/mol. The van der Waals surface area contributed by atoms with Crippen molar-refractivity contribution in [1.29, 1.82) is 0 Å². The van der Waals surface area contributed by atoms with Gasteiger partial charge in [0.15, 0.2) is 11.9 Å². The number of unbranched alkanes of at least 4 members (excludes halogenated alkanes) is 3. The van der Waals surface area contributed by atoms with Gasteiger partial charge >= 0.3 is 23.9 Å². The van der Waals surface area contributed by atoms with Crippen LogP contribution in [0.3, 0.4) is 0 Å². The molecule has 0 aromatic rings. The number of aliphatic imine (C=N–C) groups is 2. The first kappa shape index (κ1) is 76.5. The minimum atomic E-state index is -1.67. The maximum atomic E-state index is 14.0. The zero-order valence-electron chi connectivity index (χ0n) is 47.6. The third-order valence-electron chi connectivity index (χ3n) is 12.3. The Morgan fingerprint density at radius 1 is 0.341 bits per heavy atom. The molecule has 0 bridgehead atoms. The number of guanidine groups is 2. The summed E-state index contributed by atoms with van der Waals surface area (Å²) in [7, 11) is 0. The molecule has 8 atom stereocenters. The smallest absolute Gasteiger partial charge is 0.326 e. The first-order valence-corrected chi connectivity index (χ1v) is 27.7. The van der Waals surface area contributed by atoms with E-state index in [1.165, 1.54) is 0 Å². The van der Waals surface area contributed by atoms with Crippen LogP contribution in [0.4, 0.5) is 0 Å². The van der Waals surface area contributed by atoms with Crippen LogP contribution in [-0.4, -0.2) is 204 Å². The molecular weight excluding hydrogens is 1130 g/mol. The number of nitrogens with one attached hydrogen (secondary N) is 9. The number of carboxylic acid groups (broad SMARTS) is 4. The fourth-order valence-corrected chi connectivity index (χ4v) is 7.75. The van der Waals surface area contributed by atoms with Crippen molar-refractivity contribution in [3.05, 3.63) is 0 Å². The highest BCUT2D eigenvalue weighted by atomic mass is 16.4. The molecule has 0 saturated heterocycles. The second-order valence-corrected chi connectivity index (χ2v) is 19.5. The van der Waals surface area contributed by atoms with Crippen molar-refractivity contribution in [2.75, 3.05) is 45.8 Å². The van der Waals surface area contributed by atoms with Crippen molar-refractivity contribution in [2.45, 2.75) is 170 Å². The molecule has 0 aromatic carbocycles. The largest absolute Gasteiger partial charge is 0.481 e. The molecule has 36 nitrogen and oxygen atoms in total. The molecule has 85 heavy (non-hydrogen) atoms. The number of hydrogen-bond acceptors (Lipinski definition) is 19. The van der Waals surface area contributed by atoms with Crippen molar-refractivity contribution in [1.82, 2.24) is 47.9 Å². The van der Waals surface area contributed by atoms with E-state index in [1.54, 1.807) is 0 Å². The van der Waals surface area contributed by atoms with Crippen LogP contribution in [-0.2, 0) is 62.3 Å². The fraction of sp³-hybridized carbons (Fsp3) is 0.694. The quantitative estimate of drug-likeness (QED) is 0.0153. The van der Waals surface area contributed by atoms with Crippen LogP contribution < -0.4 is 93.7 Å². The lowest BCUT2D eigenvalue weighted by molar-refractivity contribution is -0.143. The molecule has 36 heteroatoms. The van der Waals surface area contributed by atoms with Gasteiger partial charge in [0.1, 0.15) is 42.3 Å². The lowest BCUT2D eigenvalue weighted by Crippen LogP contribution is -2.58. The summed E-state index contributed by atoms with van der Waals surface area (Å²) in [6.07, 6.45) is -1.13. The van der Waals surface area contributed by atoms with Gasteiger partial charge in [-0.15, -0.1) is 0 Å². The average Bonchev–Trinajstić information content (AvgIpc) is 3.50.